The molecule has 4 heteroatoms. The smallest absolute Gasteiger partial charge is 0.165 e. The third-order valence-electron chi connectivity index (χ3n) is 7.69. The molecule has 0 aliphatic carbocycles. The van der Waals surface area contributed by atoms with Gasteiger partial charge in [-0.25, -0.2) is 4.98 Å². The van der Waals surface area contributed by atoms with Gasteiger partial charge in [0.2, 0.25) is 0 Å². The topological polar surface area (TPSA) is 35.4 Å². The molecule has 0 aliphatic heterocycles. The molecule has 0 spiro atoms. The Hall–Kier alpha value is -5.09. The van der Waals surface area contributed by atoms with Gasteiger partial charge in [0.25, 0.3) is 0 Å². The summed E-state index contributed by atoms with van der Waals surface area (Å²) in [4.78, 5) is 5.34. The van der Waals surface area contributed by atoms with Crippen molar-refractivity contribution in [3.63, 3.8) is 0 Å². The van der Waals surface area contributed by atoms with E-state index in [0.717, 1.165) is 60.9 Å². The molecule has 9 rings (SSSR count). The Morgan fingerprint density at radius 1 is 0.486 bits per heavy atom. The van der Waals surface area contributed by atoms with E-state index in [4.69, 9.17) is 9.40 Å². The highest BCUT2D eigenvalue weighted by molar-refractivity contribution is 6.17. The van der Waals surface area contributed by atoms with Crippen LogP contribution in [0, 0.1) is 0 Å². The van der Waals surface area contributed by atoms with Gasteiger partial charge in [0.15, 0.2) is 5.65 Å². The summed E-state index contributed by atoms with van der Waals surface area (Å²) in [5.41, 5.74) is 8.24. The number of furan rings is 1. The normalized spacial score (nSPS) is 12.3. The van der Waals surface area contributed by atoms with Gasteiger partial charge in [-0.2, -0.15) is 0 Å². The number of fused-ring (bicyclic) bond motifs is 13. The fraction of sp³-hybridized carbons (Fsp3) is 0. The number of rotatable bonds is 1. The molecular formula is C33H19N3O. The van der Waals surface area contributed by atoms with Crippen LogP contribution in [0.4, 0.5) is 0 Å². The highest BCUT2D eigenvalue weighted by Crippen LogP contribution is 2.39. The Labute approximate surface area is 210 Å². The molecule has 4 nitrogen and oxygen atoms in total. The predicted molar refractivity (Wildman–Crippen MR) is 152 cm³/mol. The Balaban J connectivity index is 1.50. The first-order valence-electron chi connectivity index (χ1n) is 12.5. The molecule has 4 aromatic heterocycles. The standard InChI is InChI=1S/C33H19N3O/c1-2-12-24-21(9-1)22-10-3-6-14-27(22)36-31-25-13-4-7-15-28(25)35(33(31)34-32(24)36)20-17-18-30-26(19-20)23-11-5-8-16-29(23)37-30/h1-19H. The van der Waals surface area contributed by atoms with Crippen LogP contribution in [0.5, 0.6) is 0 Å². The van der Waals surface area contributed by atoms with Gasteiger partial charge in [-0.05, 0) is 41.8 Å². The fourth-order valence-corrected chi connectivity index (χ4v) is 6.13. The van der Waals surface area contributed by atoms with Crippen LogP contribution in [-0.2, 0) is 0 Å². The predicted octanol–water partition coefficient (Wildman–Crippen LogP) is 8.64. The van der Waals surface area contributed by atoms with Gasteiger partial charge in [0, 0.05) is 32.6 Å². The van der Waals surface area contributed by atoms with Crippen LogP contribution >= 0.6 is 0 Å². The quantitative estimate of drug-likeness (QED) is 0.224. The minimum absolute atomic E-state index is 0.893. The number of para-hydroxylation sites is 3. The zero-order chi connectivity index (χ0) is 24.1. The van der Waals surface area contributed by atoms with Crippen molar-refractivity contribution < 1.29 is 4.42 Å². The summed E-state index contributed by atoms with van der Waals surface area (Å²) in [5.74, 6) is 0. The van der Waals surface area contributed by atoms with Crippen molar-refractivity contribution in [3.05, 3.63) is 115 Å². The minimum Gasteiger partial charge on any atom is -0.456 e. The van der Waals surface area contributed by atoms with E-state index in [1.807, 2.05) is 12.1 Å². The van der Waals surface area contributed by atoms with Crippen LogP contribution in [0.15, 0.2) is 120 Å². The highest BCUT2D eigenvalue weighted by atomic mass is 16.3. The third-order valence-corrected chi connectivity index (χ3v) is 7.69. The van der Waals surface area contributed by atoms with E-state index in [1.165, 1.54) is 16.2 Å². The largest absolute Gasteiger partial charge is 0.456 e. The van der Waals surface area contributed by atoms with Crippen LogP contribution in [0.3, 0.4) is 0 Å². The number of imidazole rings is 1. The Morgan fingerprint density at radius 2 is 1.14 bits per heavy atom. The summed E-state index contributed by atoms with van der Waals surface area (Å²) < 4.78 is 10.8. The molecule has 0 saturated heterocycles. The zero-order valence-corrected chi connectivity index (χ0v) is 19.7. The van der Waals surface area contributed by atoms with Crippen molar-refractivity contribution in [2.24, 2.45) is 0 Å². The highest BCUT2D eigenvalue weighted by Gasteiger charge is 2.21. The Morgan fingerprint density at radius 3 is 2.00 bits per heavy atom. The lowest BCUT2D eigenvalue weighted by Gasteiger charge is -2.09. The second kappa shape index (κ2) is 6.77. The molecule has 5 aromatic carbocycles. The fourth-order valence-electron chi connectivity index (χ4n) is 6.13. The van der Waals surface area contributed by atoms with Gasteiger partial charge < -0.3 is 4.42 Å². The second-order valence-corrected chi connectivity index (χ2v) is 9.64. The van der Waals surface area contributed by atoms with Crippen LogP contribution in [0.1, 0.15) is 0 Å². The lowest BCUT2D eigenvalue weighted by molar-refractivity contribution is 0.669. The monoisotopic (exact) mass is 473 g/mol. The van der Waals surface area contributed by atoms with Crippen LogP contribution in [-0.4, -0.2) is 14.0 Å². The van der Waals surface area contributed by atoms with E-state index in [0.29, 0.717) is 0 Å². The first-order chi connectivity index (χ1) is 18.4. The van der Waals surface area contributed by atoms with E-state index in [-0.39, 0.29) is 0 Å². The molecule has 4 heterocycles. The summed E-state index contributed by atoms with van der Waals surface area (Å²) in [6, 6.07) is 40.5. The molecule has 37 heavy (non-hydrogen) atoms. The number of aromatic nitrogens is 3. The van der Waals surface area contributed by atoms with Gasteiger partial charge in [0.1, 0.15) is 22.3 Å². The average molecular weight is 474 g/mol. The lowest BCUT2D eigenvalue weighted by Crippen LogP contribution is -1.94. The van der Waals surface area contributed by atoms with E-state index in [2.05, 4.69) is 112 Å². The first kappa shape index (κ1) is 19.1. The van der Waals surface area contributed by atoms with E-state index < -0.39 is 0 Å². The maximum Gasteiger partial charge on any atom is 0.165 e. The number of nitrogens with zero attached hydrogens (tertiary/aromatic N) is 3. The van der Waals surface area contributed by atoms with Gasteiger partial charge in [0.05, 0.1) is 11.0 Å². The third kappa shape index (κ3) is 2.39. The van der Waals surface area contributed by atoms with E-state index >= 15 is 0 Å². The van der Waals surface area contributed by atoms with Gasteiger partial charge in [-0.15, -0.1) is 0 Å². The van der Waals surface area contributed by atoms with Crippen LogP contribution < -0.4 is 0 Å². The summed E-state index contributed by atoms with van der Waals surface area (Å²) >= 11 is 0. The SMILES string of the molecule is c1ccc2c(c1)oc1ccc(-n3c4ccccc4c4c3nc3c5ccccc5c5ccccc5n34)cc12. The Bertz CT molecular complexity index is 2370. The molecule has 0 amide bonds. The van der Waals surface area contributed by atoms with Crippen LogP contribution in [0.25, 0.3) is 77.0 Å². The molecule has 0 atom stereocenters. The molecule has 0 bridgehead atoms. The summed E-state index contributed by atoms with van der Waals surface area (Å²) in [5, 5.41) is 7.03. The number of pyridine rings is 1. The molecule has 0 unspecified atom stereocenters. The average Bonchev–Trinajstić information content (AvgIpc) is 3.62. The second-order valence-electron chi connectivity index (χ2n) is 9.64. The molecule has 0 saturated carbocycles. The van der Waals surface area contributed by atoms with Crippen molar-refractivity contribution in [3.8, 4) is 5.69 Å². The molecule has 0 fully saturated rings. The van der Waals surface area contributed by atoms with Gasteiger partial charge in [-0.3, -0.25) is 8.97 Å². The number of hydrogen-bond donors (Lipinski definition) is 0. The van der Waals surface area contributed by atoms with E-state index in [9.17, 15) is 0 Å². The molecule has 0 N–H and O–H groups in total. The maximum absolute atomic E-state index is 6.12. The van der Waals surface area contributed by atoms with Crippen molar-refractivity contribution in [2.45, 2.75) is 0 Å². The summed E-state index contributed by atoms with van der Waals surface area (Å²) in [6.07, 6.45) is 0. The van der Waals surface area contributed by atoms with Gasteiger partial charge in [-0.1, -0.05) is 78.9 Å². The first-order valence-corrected chi connectivity index (χ1v) is 12.5. The zero-order valence-electron chi connectivity index (χ0n) is 19.7. The van der Waals surface area contributed by atoms with Crippen molar-refractivity contribution in [1.29, 1.82) is 0 Å². The summed E-state index contributed by atoms with van der Waals surface area (Å²) in [7, 11) is 0. The number of hydrogen-bond acceptors (Lipinski definition) is 2. The van der Waals surface area contributed by atoms with Crippen LogP contribution in [0.2, 0.25) is 0 Å². The molecule has 0 radical (unpaired) electrons. The molecular weight excluding hydrogens is 454 g/mol. The van der Waals surface area contributed by atoms with Gasteiger partial charge >= 0.3 is 0 Å². The molecule has 9 aromatic rings. The Kier molecular flexibility index (Phi) is 3.50. The maximum atomic E-state index is 6.12. The molecule has 172 valence electrons. The molecule has 0 aliphatic rings. The van der Waals surface area contributed by atoms with Crippen molar-refractivity contribution in [2.75, 3.05) is 0 Å². The lowest BCUT2D eigenvalue weighted by atomic mass is 10.1. The van der Waals surface area contributed by atoms with E-state index in [1.54, 1.807) is 0 Å². The summed E-state index contributed by atoms with van der Waals surface area (Å²) in [6.45, 7) is 0. The minimum atomic E-state index is 0.893. The van der Waals surface area contributed by atoms with Crippen molar-refractivity contribution >= 4 is 71.3 Å². The van der Waals surface area contributed by atoms with Crippen molar-refractivity contribution in [1.82, 2.24) is 14.0 Å². The number of benzene rings is 5.